The topological polar surface area (TPSA) is 54.4 Å². The van der Waals surface area contributed by atoms with Gasteiger partial charge < -0.3 is 5.11 Å². The van der Waals surface area contributed by atoms with Gasteiger partial charge in [0.05, 0.1) is 11.9 Å². The minimum Gasteiger partial charge on any atom is -0.388 e. The highest BCUT2D eigenvalue weighted by Gasteiger charge is 2.15. The Hall–Kier alpha value is -0.870. The van der Waals surface area contributed by atoms with E-state index in [0.29, 0.717) is 0 Å². The fourth-order valence-electron chi connectivity index (χ4n) is 2.19. The van der Waals surface area contributed by atoms with Crippen molar-refractivity contribution < 1.29 is 13.5 Å². The van der Waals surface area contributed by atoms with Gasteiger partial charge in [-0.25, -0.2) is 8.42 Å². The summed E-state index contributed by atoms with van der Waals surface area (Å²) in [6, 6.07) is 4.01. The molecule has 1 atom stereocenters. The molecule has 4 heteroatoms. The van der Waals surface area contributed by atoms with Gasteiger partial charge in [-0.3, -0.25) is 0 Å². The van der Waals surface area contributed by atoms with E-state index in [9.17, 15) is 13.5 Å². The molecule has 0 saturated heterocycles. The Balaban J connectivity index is 2.93. The third kappa shape index (κ3) is 4.13. The fraction of sp³-hybridized carbons (Fsp3) is 0.538. The van der Waals surface area contributed by atoms with Crippen LogP contribution in [0.3, 0.4) is 0 Å². The van der Waals surface area contributed by atoms with E-state index in [-0.39, 0.29) is 12.2 Å². The minimum atomic E-state index is -3.02. The average Bonchev–Trinajstić information content (AvgIpc) is 2.11. The van der Waals surface area contributed by atoms with Gasteiger partial charge in [-0.1, -0.05) is 17.7 Å². The summed E-state index contributed by atoms with van der Waals surface area (Å²) in [7, 11) is -3.02. The smallest absolute Gasteiger partial charge is 0.147 e. The van der Waals surface area contributed by atoms with Crippen LogP contribution in [0.2, 0.25) is 0 Å². The van der Waals surface area contributed by atoms with Crippen molar-refractivity contribution in [3.63, 3.8) is 0 Å². The standard InChI is InChI=1S/C13H20O3S/c1-9-7-10(2)13(11(3)8-9)12(14)5-6-17(4,15)16/h7-8,12,14H,5-6H2,1-4H3. The van der Waals surface area contributed by atoms with Gasteiger partial charge in [0.1, 0.15) is 9.84 Å². The number of hydrogen-bond donors (Lipinski definition) is 1. The number of benzene rings is 1. The number of aliphatic hydroxyl groups excluding tert-OH is 1. The van der Waals surface area contributed by atoms with Crippen molar-refractivity contribution >= 4 is 9.84 Å². The van der Waals surface area contributed by atoms with Crippen LogP contribution in [0.25, 0.3) is 0 Å². The highest BCUT2D eigenvalue weighted by atomic mass is 32.2. The number of aryl methyl sites for hydroxylation is 3. The van der Waals surface area contributed by atoms with Crippen molar-refractivity contribution in [2.24, 2.45) is 0 Å². The van der Waals surface area contributed by atoms with E-state index in [2.05, 4.69) is 0 Å². The molecule has 0 aromatic heterocycles. The first kappa shape index (κ1) is 14.2. The molecule has 0 aliphatic carbocycles. The lowest BCUT2D eigenvalue weighted by Crippen LogP contribution is -2.10. The molecule has 0 spiro atoms. The molecule has 1 unspecified atom stereocenters. The van der Waals surface area contributed by atoms with Crippen LogP contribution in [0, 0.1) is 20.8 Å². The van der Waals surface area contributed by atoms with E-state index < -0.39 is 15.9 Å². The quantitative estimate of drug-likeness (QED) is 0.897. The highest BCUT2D eigenvalue weighted by molar-refractivity contribution is 7.90. The Morgan fingerprint density at radius 1 is 1.18 bits per heavy atom. The molecule has 0 radical (unpaired) electrons. The van der Waals surface area contributed by atoms with Gasteiger partial charge in [0.2, 0.25) is 0 Å². The first-order valence-electron chi connectivity index (χ1n) is 5.64. The van der Waals surface area contributed by atoms with Gasteiger partial charge in [-0.15, -0.1) is 0 Å². The molecule has 0 amide bonds. The zero-order valence-electron chi connectivity index (χ0n) is 10.8. The summed E-state index contributed by atoms with van der Waals surface area (Å²) in [5.74, 6) is 0.0148. The summed E-state index contributed by atoms with van der Waals surface area (Å²) >= 11 is 0. The molecule has 1 N–H and O–H groups in total. The molecule has 0 heterocycles. The maximum atomic E-state index is 11.1. The summed E-state index contributed by atoms with van der Waals surface area (Å²) < 4.78 is 22.2. The van der Waals surface area contributed by atoms with E-state index in [1.165, 1.54) is 6.26 Å². The molecule has 0 aliphatic rings. The van der Waals surface area contributed by atoms with Crippen molar-refractivity contribution in [2.45, 2.75) is 33.3 Å². The van der Waals surface area contributed by atoms with Crippen LogP contribution in [0.5, 0.6) is 0 Å². The van der Waals surface area contributed by atoms with Crippen molar-refractivity contribution in [3.05, 3.63) is 34.4 Å². The van der Waals surface area contributed by atoms with E-state index >= 15 is 0 Å². The van der Waals surface area contributed by atoms with Crippen LogP contribution >= 0.6 is 0 Å². The SMILES string of the molecule is Cc1cc(C)c(C(O)CCS(C)(=O)=O)c(C)c1. The lowest BCUT2D eigenvalue weighted by molar-refractivity contribution is 0.173. The van der Waals surface area contributed by atoms with Crippen LogP contribution in [0.1, 0.15) is 34.8 Å². The van der Waals surface area contributed by atoms with Crippen LogP contribution in [-0.2, 0) is 9.84 Å². The zero-order valence-corrected chi connectivity index (χ0v) is 11.6. The lowest BCUT2D eigenvalue weighted by atomic mass is 9.94. The van der Waals surface area contributed by atoms with Gasteiger partial charge in [0.15, 0.2) is 0 Å². The second-order valence-corrected chi connectivity index (χ2v) is 7.01. The Kier molecular flexibility index (Phi) is 4.33. The van der Waals surface area contributed by atoms with Gasteiger partial charge >= 0.3 is 0 Å². The Morgan fingerprint density at radius 3 is 2.06 bits per heavy atom. The van der Waals surface area contributed by atoms with E-state index in [1.54, 1.807) is 0 Å². The second kappa shape index (κ2) is 5.19. The van der Waals surface area contributed by atoms with Crippen LogP contribution in [-0.4, -0.2) is 25.5 Å². The summed E-state index contributed by atoms with van der Waals surface area (Å²) in [4.78, 5) is 0. The number of rotatable bonds is 4. The molecule has 3 nitrogen and oxygen atoms in total. The number of aliphatic hydroxyl groups is 1. The maximum Gasteiger partial charge on any atom is 0.147 e. The summed E-state index contributed by atoms with van der Waals surface area (Å²) in [6.07, 6.45) is 0.739. The van der Waals surface area contributed by atoms with Crippen molar-refractivity contribution in [1.82, 2.24) is 0 Å². The average molecular weight is 256 g/mol. The molecule has 96 valence electrons. The predicted octanol–water partition coefficient (Wildman–Crippen LogP) is 2.08. The van der Waals surface area contributed by atoms with Gasteiger partial charge in [0, 0.05) is 6.26 Å². The Bertz CT molecular complexity index is 480. The molecule has 1 aromatic rings. The molecule has 0 fully saturated rings. The molecular weight excluding hydrogens is 236 g/mol. The first-order chi connectivity index (χ1) is 7.70. The predicted molar refractivity (Wildman–Crippen MR) is 69.9 cm³/mol. The molecule has 17 heavy (non-hydrogen) atoms. The van der Waals surface area contributed by atoms with Crippen molar-refractivity contribution in [2.75, 3.05) is 12.0 Å². The summed E-state index contributed by atoms with van der Waals surface area (Å²) in [5.41, 5.74) is 4.05. The normalized spacial score (nSPS) is 13.7. The van der Waals surface area contributed by atoms with Crippen LogP contribution < -0.4 is 0 Å². The van der Waals surface area contributed by atoms with Gasteiger partial charge in [-0.2, -0.15) is 0 Å². The van der Waals surface area contributed by atoms with Crippen LogP contribution in [0.15, 0.2) is 12.1 Å². The molecule has 0 saturated carbocycles. The van der Waals surface area contributed by atoms with Gasteiger partial charge in [0.25, 0.3) is 0 Å². The molecule has 0 aliphatic heterocycles. The Morgan fingerprint density at radius 2 is 1.65 bits per heavy atom. The molecule has 0 bridgehead atoms. The summed E-state index contributed by atoms with van der Waals surface area (Å²) in [6.45, 7) is 5.89. The summed E-state index contributed by atoms with van der Waals surface area (Å²) in [5, 5.41) is 10.1. The number of hydrogen-bond acceptors (Lipinski definition) is 3. The van der Waals surface area contributed by atoms with Crippen molar-refractivity contribution in [3.8, 4) is 0 Å². The minimum absolute atomic E-state index is 0.0148. The first-order valence-corrected chi connectivity index (χ1v) is 7.70. The Labute approximate surface area is 103 Å². The monoisotopic (exact) mass is 256 g/mol. The third-order valence-electron chi connectivity index (χ3n) is 2.83. The second-order valence-electron chi connectivity index (χ2n) is 4.75. The van der Waals surface area contributed by atoms with E-state index in [1.807, 2.05) is 32.9 Å². The van der Waals surface area contributed by atoms with Gasteiger partial charge in [-0.05, 0) is 43.9 Å². The van der Waals surface area contributed by atoms with Crippen molar-refractivity contribution in [1.29, 1.82) is 0 Å². The van der Waals surface area contributed by atoms with Crippen LogP contribution in [0.4, 0.5) is 0 Å². The largest absolute Gasteiger partial charge is 0.388 e. The molecular formula is C13H20O3S. The molecule has 1 aromatic carbocycles. The third-order valence-corrected chi connectivity index (χ3v) is 3.81. The lowest BCUT2D eigenvalue weighted by Gasteiger charge is -2.17. The zero-order chi connectivity index (χ0) is 13.2. The number of sulfone groups is 1. The van der Waals surface area contributed by atoms with E-state index in [4.69, 9.17) is 0 Å². The fourth-order valence-corrected chi connectivity index (χ4v) is 2.84. The van der Waals surface area contributed by atoms with E-state index in [0.717, 1.165) is 22.3 Å². The maximum absolute atomic E-state index is 11.1. The highest BCUT2D eigenvalue weighted by Crippen LogP contribution is 2.25. The molecule has 1 rings (SSSR count).